The highest BCUT2D eigenvalue weighted by Crippen LogP contribution is 2.21. The van der Waals surface area contributed by atoms with Crippen molar-refractivity contribution in [2.45, 2.75) is 0 Å². The van der Waals surface area contributed by atoms with Gasteiger partial charge < -0.3 is 0 Å². The molecule has 0 bridgehead atoms. The molecule has 0 saturated carbocycles. The van der Waals surface area contributed by atoms with E-state index < -0.39 is 0 Å². The summed E-state index contributed by atoms with van der Waals surface area (Å²) in [6.07, 6.45) is 1.88. The molecule has 3 heteroatoms. The molecule has 0 spiro atoms. The number of benzene rings is 2. The molecule has 88 valence electrons. The topological polar surface area (TPSA) is 23.8 Å². The maximum absolute atomic E-state index is 9.24. The Morgan fingerprint density at radius 1 is 1.00 bits per heavy atom. The monoisotopic (exact) mass is 361 g/mol. The minimum atomic E-state index is 0.653. The Hall–Kier alpha value is -1.37. The lowest BCUT2D eigenvalue weighted by molar-refractivity contribution is 1.51. The van der Waals surface area contributed by atoms with Gasteiger partial charge in [-0.2, -0.15) is 5.26 Å². The summed E-state index contributed by atoms with van der Waals surface area (Å²) in [6, 6.07) is 17.8. The number of nitrogens with zero attached hydrogens (tertiary/aromatic N) is 1. The lowest BCUT2D eigenvalue weighted by Crippen LogP contribution is -1.82. The SMILES string of the molecule is N#C/C(=C/c1cccc(Br)c1)c1ccc(Br)cc1. The summed E-state index contributed by atoms with van der Waals surface area (Å²) in [7, 11) is 0. The first-order valence-corrected chi connectivity index (χ1v) is 6.91. The van der Waals surface area contributed by atoms with E-state index in [1.807, 2.05) is 54.6 Å². The highest BCUT2D eigenvalue weighted by molar-refractivity contribution is 9.10. The average Bonchev–Trinajstić information content (AvgIpc) is 2.37. The summed E-state index contributed by atoms with van der Waals surface area (Å²) in [5.41, 5.74) is 2.57. The van der Waals surface area contributed by atoms with Crippen molar-refractivity contribution in [3.05, 3.63) is 68.6 Å². The molecule has 2 rings (SSSR count). The van der Waals surface area contributed by atoms with Crippen molar-refractivity contribution >= 4 is 43.5 Å². The normalized spacial score (nSPS) is 11.1. The van der Waals surface area contributed by atoms with Crippen molar-refractivity contribution in [2.75, 3.05) is 0 Å². The zero-order valence-corrected chi connectivity index (χ0v) is 12.6. The van der Waals surface area contributed by atoms with Crippen LogP contribution in [0.4, 0.5) is 0 Å². The third-order valence-electron chi connectivity index (χ3n) is 2.44. The molecule has 0 heterocycles. The van der Waals surface area contributed by atoms with E-state index in [0.29, 0.717) is 5.57 Å². The van der Waals surface area contributed by atoms with Crippen LogP contribution in [0.3, 0.4) is 0 Å². The van der Waals surface area contributed by atoms with Gasteiger partial charge in [-0.1, -0.05) is 56.1 Å². The Morgan fingerprint density at radius 2 is 1.72 bits per heavy atom. The number of rotatable bonds is 2. The summed E-state index contributed by atoms with van der Waals surface area (Å²) in [4.78, 5) is 0. The van der Waals surface area contributed by atoms with Gasteiger partial charge in [0.15, 0.2) is 0 Å². The van der Waals surface area contributed by atoms with Crippen LogP contribution in [0.5, 0.6) is 0 Å². The van der Waals surface area contributed by atoms with Crippen LogP contribution in [-0.4, -0.2) is 0 Å². The number of halogens is 2. The Bertz CT molecular complexity index is 622. The largest absolute Gasteiger partial charge is 0.192 e. The van der Waals surface area contributed by atoms with Crippen LogP contribution < -0.4 is 0 Å². The van der Waals surface area contributed by atoms with E-state index in [-0.39, 0.29) is 0 Å². The lowest BCUT2D eigenvalue weighted by Gasteiger charge is -2.00. The van der Waals surface area contributed by atoms with Crippen LogP contribution in [0.1, 0.15) is 11.1 Å². The van der Waals surface area contributed by atoms with E-state index in [2.05, 4.69) is 37.9 Å². The van der Waals surface area contributed by atoms with Gasteiger partial charge in [-0.05, 0) is 41.5 Å². The predicted molar refractivity (Wildman–Crippen MR) is 81.8 cm³/mol. The first kappa shape index (κ1) is 13.1. The van der Waals surface area contributed by atoms with E-state index in [4.69, 9.17) is 0 Å². The number of allylic oxidation sites excluding steroid dienone is 1. The van der Waals surface area contributed by atoms with Crippen molar-refractivity contribution in [1.82, 2.24) is 0 Å². The van der Waals surface area contributed by atoms with E-state index in [9.17, 15) is 5.26 Å². The molecule has 0 aliphatic rings. The quantitative estimate of drug-likeness (QED) is 0.527. The van der Waals surface area contributed by atoms with Gasteiger partial charge in [0.1, 0.15) is 0 Å². The molecule has 0 saturated heterocycles. The summed E-state index contributed by atoms with van der Waals surface area (Å²) in [5, 5.41) is 9.24. The molecule has 0 fully saturated rings. The zero-order chi connectivity index (χ0) is 13.0. The van der Waals surface area contributed by atoms with Gasteiger partial charge in [0, 0.05) is 8.95 Å². The molecule has 0 amide bonds. The summed E-state index contributed by atoms with van der Waals surface area (Å²) in [6.45, 7) is 0. The minimum Gasteiger partial charge on any atom is -0.192 e. The summed E-state index contributed by atoms with van der Waals surface area (Å²) >= 11 is 6.81. The third kappa shape index (κ3) is 3.32. The number of hydrogen-bond acceptors (Lipinski definition) is 1. The molecule has 2 aromatic rings. The molecule has 1 nitrogen and oxygen atoms in total. The Kier molecular flexibility index (Phi) is 4.35. The molecule has 0 N–H and O–H groups in total. The van der Waals surface area contributed by atoms with Gasteiger partial charge in [-0.3, -0.25) is 0 Å². The van der Waals surface area contributed by atoms with Crippen molar-refractivity contribution in [3.8, 4) is 6.07 Å². The fraction of sp³-hybridized carbons (Fsp3) is 0. The van der Waals surface area contributed by atoms with Crippen molar-refractivity contribution in [1.29, 1.82) is 5.26 Å². The van der Waals surface area contributed by atoms with E-state index >= 15 is 0 Å². The number of hydrogen-bond donors (Lipinski definition) is 0. The average molecular weight is 363 g/mol. The molecular formula is C15H9Br2N. The second-order valence-electron chi connectivity index (χ2n) is 3.73. The Labute approximate surface area is 123 Å². The molecule has 0 aliphatic heterocycles. The fourth-order valence-corrected chi connectivity index (χ4v) is 2.25. The highest BCUT2D eigenvalue weighted by atomic mass is 79.9. The molecule has 0 unspecified atom stereocenters. The predicted octanol–water partition coefficient (Wildman–Crippen LogP) is 5.28. The smallest absolute Gasteiger partial charge is 0.0998 e. The standard InChI is InChI=1S/C15H9Br2N/c16-14-6-4-12(5-7-14)13(10-18)8-11-2-1-3-15(17)9-11/h1-9H/b13-8-. The number of nitriles is 1. The van der Waals surface area contributed by atoms with Crippen LogP contribution in [0.25, 0.3) is 11.6 Å². The van der Waals surface area contributed by atoms with E-state index in [1.165, 1.54) is 0 Å². The van der Waals surface area contributed by atoms with Gasteiger partial charge in [-0.25, -0.2) is 0 Å². The molecule has 2 aromatic carbocycles. The summed E-state index contributed by atoms with van der Waals surface area (Å²) < 4.78 is 2.01. The Balaban J connectivity index is 2.40. The third-order valence-corrected chi connectivity index (χ3v) is 3.46. The molecule has 18 heavy (non-hydrogen) atoms. The molecule has 0 aromatic heterocycles. The second-order valence-corrected chi connectivity index (χ2v) is 5.56. The van der Waals surface area contributed by atoms with Crippen LogP contribution in [-0.2, 0) is 0 Å². The van der Waals surface area contributed by atoms with Gasteiger partial charge in [0.25, 0.3) is 0 Å². The van der Waals surface area contributed by atoms with Crippen molar-refractivity contribution in [3.63, 3.8) is 0 Å². The van der Waals surface area contributed by atoms with Gasteiger partial charge in [0.05, 0.1) is 11.6 Å². The van der Waals surface area contributed by atoms with Gasteiger partial charge in [-0.15, -0.1) is 0 Å². The van der Waals surface area contributed by atoms with E-state index in [1.54, 1.807) is 0 Å². The first-order chi connectivity index (χ1) is 8.69. The van der Waals surface area contributed by atoms with Gasteiger partial charge in [0.2, 0.25) is 0 Å². The van der Waals surface area contributed by atoms with Crippen molar-refractivity contribution in [2.24, 2.45) is 0 Å². The highest BCUT2D eigenvalue weighted by Gasteiger charge is 2.01. The van der Waals surface area contributed by atoms with Crippen LogP contribution in [0.15, 0.2) is 57.5 Å². The lowest BCUT2D eigenvalue weighted by atomic mass is 10.0. The second kappa shape index (κ2) is 5.99. The van der Waals surface area contributed by atoms with E-state index in [0.717, 1.165) is 20.1 Å². The van der Waals surface area contributed by atoms with Crippen LogP contribution in [0.2, 0.25) is 0 Å². The molecule has 0 aliphatic carbocycles. The van der Waals surface area contributed by atoms with Crippen LogP contribution in [0, 0.1) is 11.3 Å². The molecule has 0 radical (unpaired) electrons. The molecular weight excluding hydrogens is 354 g/mol. The maximum atomic E-state index is 9.24. The molecule has 0 atom stereocenters. The van der Waals surface area contributed by atoms with Crippen LogP contribution >= 0.6 is 31.9 Å². The van der Waals surface area contributed by atoms with Crippen molar-refractivity contribution < 1.29 is 0 Å². The van der Waals surface area contributed by atoms with Gasteiger partial charge >= 0.3 is 0 Å². The fourth-order valence-electron chi connectivity index (χ4n) is 1.57. The minimum absolute atomic E-state index is 0.653. The Morgan fingerprint density at radius 3 is 2.33 bits per heavy atom. The maximum Gasteiger partial charge on any atom is 0.0998 e. The zero-order valence-electron chi connectivity index (χ0n) is 9.40. The first-order valence-electron chi connectivity index (χ1n) is 5.32. The summed E-state index contributed by atoms with van der Waals surface area (Å²) in [5.74, 6) is 0.